The monoisotopic (exact) mass is 153 g/mol. The van der Waals surface area contributed by atoms with Gasteiger partial charge in [-0.3, -0.25) is 5.32 Å². The maximum absolute atomic E-state index is 5.35. The SMILES string of the molecule is C#CCNC1(C)CCCOC1. The van der Waals surface area contributed by atoms with Crippen molar-refractivity contribution in [3.63, 3.8) is 0 Å². The van der Waals surface area contributed by atoms with Crippen LogP contribution in [0.25, 0.3) is 0 Å². The molecule has 2 nitrogen and oxygen atoms in total. The Balaban J connectivity index is 2.32. The van der Waals surface area contributed by atoms with Gasteiger partial charge in [0.15, 0.2) is 0 Å². The summed E-state index contributed by atoms with van der Waals surface area (Å²) in [5, 5.41) is 3.29. The molecule has 1 unspecified atom stereocenters. The molecule has 0 amide bonds. The van der Waals surface area contributed by atoms with Gasteiger partial charge in [-0.15, -0.1) is 6.42 Å². The van der Waals surface area contributed by atoms with E-state index < -0.39 is 0 Å². The lowest BCUT2D eigenvalue weighted by atomic mass is 9.95. The molecule has 1 fully saturated rings. The van der Waals surface area contributed by atoms with E-state index >= 15 is 0 Å². The van der Waals surface area contributed by atoms with Crippen molar-refractivity contribution in [2.75, 3.05) is 19.8 Å². The maximum Gasteiger partial charge on any atom is 0.0645 e. The lowest BCUT2D eigenvalue weighted by Crippen LogP contribution is -2.48. The Morgan fingerprint density at radius 2 is 2.55 bits per heavy atom. The number of rotatable bonds is 2. The zero-order valence-electron chi connectivity index (χ0n) is 7.02. The van der Waals surface area contributed by atoms with Crippen LogP contribution in [0, 0.1) is 12.3 Å². The molecule has 1 N–H and O–H groups in total. The zero-order valence-corrected chi connectivity index (χ0v) is 7.02. The largest absolute Gasteiger partial charge is 0.380 e. The van der Waals surface area contributed by atoms with Crippen molar-refractivity contribution in [3.8, 4) is 12.3 Å². The molecular formula is C9H15NO. The van der Waals surface area contributed by atoms with Crippen molar-refractivity contribution < 1.29 is 4.74 Å². The Labute approximate surface area is 68.3 Å². The Morgan fingerprint density at radius 3 is 3.09 bits per heavy atom. The Kier molecular flexibility index (Phi) is 2.92. The molecule has 62 valence electrons. The molecule has 0 bridgehead atoms. The summed E-state index contributed by atoms with van der Waals surface area (Å²) >= 11 is 0. The number of nitrogens with one attached hydrogen (secondary N) is 1. The molecule has 0 saturated carbocycles. The second kappa shape index (κ2) is 3.75. The molecular weight excluding hydrogens is 138 g/mol. The molecule has 1 atom stereocenters. The minimum absolute atomic E-state index is 0.116. The van der Waals surface area contributed by atoms with Gasteiger partial charge in [-0.05, 0) is 19.8 Å². The summed E-state index contributed by atoms with van der Waals surface area (Å²) in [7, 11) is 0. The van der Waals surface area contributed by atoms with E-state index in [2.05, 4.69) is 18.2 Å². The zero-order chi connectivity index (χ0) is 8.16. The molecule has 0 aromatic heterocycles. The van der Waals surface area contributed by atoms with E-state index in [1.807, 2.05) is 0 Å². The quantitative estimate of drug-likeness (QED) is 0.592. The highest BCUT2D eigenvalue weighted by atomic mass is 16.5. The van der Waals surface area contributed by atoms with Gasteiger partial charge in [-0.1, -0.05) is 5.92 Å². The summed E-state index contributed by atoms with van der Waals surface area (Å²) in [6, 6.07) is 0. The van der Waals surface area contributed by atoms with Crippen molar-refractivity contribution in [1.29, 1.82) is 0 Å². The summed E-state index contributed by atoms with van der Waals surface area (Å²) in [6.07, 6.45) is 7.45. The first-order valence-electron chi connectivity index (χ1n) is 4.03. The minimum Gasteiger partial charge on any atom is -0.380 e. The summed E-state index contributed by atoms with van der Waals surface area (Å²) < 4.78 is 5.35. The average molecular weight is 153 g/mol. The normalized spacial score (nSPS) is 31.3. The molecule has 0 aromatic carbocycles. The van der Waals surface area contributed by atoms with Crippen molar-refractivity contribution >= 4 is 0 Å². The van der Waals surface area contributed by atoms with Crippen LogP contribution < -0.4 is 5.32 Å². The van der Waals surface area contributed by atoms with E-state index in [4.69, 9.17) is 11.2 Å². The van der Waals surface area contributed by atoms with E-state index in [1.54, 1.807) is 0 Å². The molecule has 0 aliphatic carbocycles. The first-order chi connectivity index (χ1) is 5.27. The van der Waals surface area contributed by atoms with Crippen molar-refractivity contribution in [2.24, 2.45) is 0 Å². The first-order valence-corrected chi connectivity index (χ1v) is 4.03. The second-order valence-electron chi connectivity index (χ2n) is 3.27. The molecule has 1 aliphatic heterocycles. The van der Waals surface area contributed by atoms with Crippen molar-refractivity contribution in [2.45, 2.75) is 25.3 Å². The van der Waals surface area contributed by atoms with E-state index in [1.165, 1.54) is 0 Å². The van der Waals surface area contributed by atoms with Gasteiger partial charge < -0.3 is 4.74 Å². The fraction of sp³-hybridized carbons (Fsp3) is 0.778. The topological polar surface area (TPSA) is 21.3 Å². The molecule has 0 aromatic rings. The first kappa shape index (κ1) is 8.58. The molecule has 1 rings (SSSR count). The Morgan fingerprint density at radius 1 is 1.73 bits per heavy atom. The van der Waals surface area contributed by atoms with E-state index in [0.717, 1.165) is 26.1 Å². The second-order valence-corrected chi connectivity index (χ2v) is 3.27. The van der Waals surface area contributed by atoms with Crippen LogP contribution >= 0.6 is 0 Å². The van der Waals surface area contributed by atoms with Gasteiger partial charge >= 0.3 is 0 Å². The molecule has 0 radical (unpaired) electrons. The molecule has 2 heteroatoms. The van der Waals surface area contributed by atoms with Crippen LogP contribution in [0.15, 0.2) is 0 Å². The van der Waals surface area contributed by atoms with Gasteiger partial charge in [0.2, 0.25) is 0 Å². The molecule has 11 heavy (non-hydrogen) atoms. The number of hydrogen-bond donors (Lipinski definition) is 1. The number of ether oxygens (including phenoxy) is 1. The molecule has 1 aliphatic rings. The highest BCUT2D eigenvalue weighted by Gasteiger charge is 2.25. The third-order valence-corrected chi connectivity index (χ3v) is 2.06. The molecule has 0 spiro atoms. The Hall–Kier alpha value is -0.520. The number of terminal acetylenes is 1. The molecule has 1 heterocycles. The maximum atomic E-state index is 5.35. The van der Waals surface area contributed by atoms with Gasteiger partial charge in [0, 0.05) is 12.1 Å². The van der Waals surface area contributed by atoms with E-state index in [0.29, 0.717) is 6.54 Å². The third kappa shape index (κ3) is 2.53. The van der Waals surface area contributed by atoms with Gasteiger partial charge in [0.05, 0.1) is 13.2 Å². The van der Waals surface area contributed by atoms with Crippen LogP contribution in [-0.2, 0) is 4.74 Å². The highest BCUT2D eigenvalue weighted by molar-refractivity contribution is 4.93. The minimum atomic E-state index is 0.116. The predicted octanol–water partition coefficient (Wildman–Crippen LogP) is 0.778. The standard InChI is InChI=1S/C9H15NO/c1-3-6-10-9(2)5-4-7-11-8-9/h1,10H,4-8H2,2H3. The van der Waals surface area contributed by atoms with E-state index in [-0.39, 0.29) is 5.54 Å². The predicted molar refractivity (Wildman–Crippen MR) is 45.3 cm³/mol. The highest BCUT2D eigenvalue weighted by Crippen LogP contribution is 2.17. The van der Waals surface area contributed by atoms with Crippen LogP contribution in [0.3, 0.4) is 0 Å². The fourth-order valence-corrected chi connectivity index (χ4v) is 1.34. The smallest absolute Gasteiger partial charge is 0.0645 e. The summed E-state index contributed by atoms with van der Waals surface area (Å²) in [5.41, 5.74) is 0.116. The van der Waals surface area contributed by atoms with Crippen LogP contribution in [0.1, 0.15) is 19.8 Å². The van der Waals surface area contributed by atoms with Gasteiger partial charge in [0.1, 0.15) is 0 Å². The Bertz CT molecular complexity index is 153. The lowest BCUT2D eigenvalue weighted by Gasteiger charge is -2.33. The number of hydrogen-bond acceptors (Lipinski definition) is 2. The lowest BCUT2D eigenvalue weighted by molar-refractivity contribution is 0.0305. The van der Waals surface area contributed by atoms with Crippen LogP contribution in [0.5, 0.6) is 0 Å². The van der Waals surface area contributed by atoms with Crippen molar-refractivity contribution in [3.05, 3.63) is 0 Å². The van der Waals surface area contributed by atoms with Crippen molar-refractivity contribution in [1.82, 2.24) is 5.32 Å². The van der Waals surface area contributed by atoms with Gasteiger partial charge in [-0.25, -0.2) is 0 Å². The summed E-state index contributed by atoms with van der Waals surface area (Å²) in [6.45, 7) is 4.48. The fourth-order valence-electron chi connectivity index (χ4n) is 1.34. The van der Waals surface area contributed by atoms with Crippen LogP contribution in [-0.4, -0.2) is 25.3 Å². The summed E-state index contributed by atoms with van der Waals surface area (Å²) in [4.78, 5) is 0. The summed E-state index contributed by atoms with van der Waals surface area (Å²) in [5.74, 6) is 2.57. The van der Waals surface area contributed by atoms with Crippen LogP contribution in [0.4, 0.5) is 0 Å². The third-order valence-electron chi connectivity index (χ3n) is 2.06. The van der Waals surface area contributed by atoms with Gasteiger partial charge in [-0.2, -0.15) is 0 Å². The van der Waals surface area contributed by atoms with E-state index in [9.17, 15) is 0 Å². The van der Waals surface area contributed by atoms with Crippen LogP contribution in [0.2, 0.25) is 0 Å². The van der Waals surface area contributed by atoms with Gasteiger partial charge in [0.25, 0.3) is 0 Å². The molecule has 1 saturated heterocycles. The average Bonchev–Trinajstić information content (AvgIpc) is 2.03.